The molecular formula is C16H13NO2S. The number of aliphatic imine (C=N–C) groups is 1. The monoisotopic (exact) mass is 283 g/mol. The number of hydrogen-bond donors (Lipinski definition) is 1. The highest BCUT2D eigenvalue weighted by molar-refractivity contribution is 7.78. The van der Waals surface area contributed by atoms with Crippen LogP contribution in [0.15, 0.2) is 41.4 Å². The van der Waals surface area contributed by atoms with Crippen molar-refractivity contribution in [3.63, 3.8) is 0 Å². The van der Waals surface area contributed by atoms with Gasteiger partial charge in [-0.1, -0.05) is 12.1 Å². The zero-order valence-corrected chi connectivity index (χ0v) is 12.0. The van der Waals surface area contributed by atoms with E-state index in [0.717, 1.165) is 0 Å². The van der Waals surface area contributed by atoms with Crippen molar-refractivity contribution >= 4 is 28.8 Å². The Labute approximate surface area is 122 Å². The second-order valence-electron chi connectivity index (χ2n) is 4.54. The van der Waals surface area contributed by atoms with E-state index in [4.69, 9.17) is 0 Å². The third kappa shape index (κ3) is 2.82. The summed E-state index contributed by atoms with van der Waals surface area (Å²) in [6, 6.07) is 10.3. The number of hydrogen-bond acceptors (Lipinski definition) is 4. The molecule has 0 aromatic heterocycles. The molecule has 0 saturated carbocycles. The lowest BCUT2D eigenvalue weighted by molar-refractivity contribution is 0.103. The quantitative estimate of drug-likeness (QED) is 0.526. The Bertz CT molecular complexity index is 708. The molecule has 0 unspecified atom stereocenters. The second-order valence-corrected chi connectivity index (χ2v) is 4.72. The fraction of sp³-hybridized carbons (Fsp3) is 0.125. The molecule has 0 heterocycles. The minimum Gasteiger partial charge on any atom is -0.507 e. The second kappa shape index (κ2) is 5.78. The number of carbonyl (C=O) groups excluding carboxylic acids is 1. The molecule has 2 aromatic rings. The fourth-order valence-corrected chi connectivity index (χ4v) is 2.13. The van der Waals surface area contributed by atoms with Crippen LogP contribution in [0.5, 0.6) is 5.75 Å². The summed E-state index contributed by atoms with van der Waals surface area (Å²) in [5.74, 6) is 0.109. The predicted octanol–water partition coefficient (Wildman–Crippen LogP) is 3.97. The average Bonchev–Trinajstić information content (AvgIpc) is 2.44. The lowest BCUT2D eigenvalue weighted by Crippen LogP contribution is -2.02. The van der Waals surface area contributed by atoms with E-state index in [1.807, 2.05) is 0 Å². The molecule has 1 N–H and O–H groups in total. The van der Waals surface area contributed by atoms with Crippen LogP contribution in [0.1, 0.15) is 27.0 Å². The van der Waals surface area contributed by atoms with Gasteiger partial charge in [-0.2, -0.15) is 4.99 Å². The first kappa shape index (κ1) is 14.1. The van der Waals surface area contributed by atoms with Crippen LogP contribution in [0.2, 0.25) is 0 Å². The smallest absolute Gasteiger partial charge is 0.193 e. The molecule has 0 amide bonds. The number of rotatable bonds is 3. The third-order valence-electron chi connectivity index (χ3n) is 3.04. The highest BCUT2D eigenvalue weighted by Crippen LogP contribution is 2.25. The summed E-state index contributed by atoms with van der Waals surface area (Å²) >= 11 is 4.56. The summed E-state index contributed by atoms with van der Waals surface area (Å²) in [6.07, 6.45) is 0. The molecule has 0 spiro atoms. The van der Waals surface area contributed by atoms with E-state index < -0.39 is 0 Å². The fourth-order valence-electron chi connectivity index (χ4n) is 2.02. The number of aryl methyl sites for hydroxylation is 2. The number of isothiocyanates is 1. The van der Waals surface area contributed by atoms with Gasteiger partial charge in [-0.05, 0) is 61.5 Å². The first-order valence-corrected chi connectivity index (χ1v) is 6.46. The van der Waals surface area contributed by atoms with Gasteiger partial charge in [0.25, 0.3) is 0 Å². The summed E-state index contributed by atoms with van der Waals surface area (Å²) in [5, 5.41) is 12.0. The van der Waals surface area contributed by atoms with Gasteiger partial charge in [-0.25, -0.2) is 0 Å². The van der Waals surface area contributed by atoms with Crippen molar-refractivity contribution in [3.05, 3.63) is 58.7 Å². The Morgan fingerprint density at radius 1 is 1.15 bits per heavy atom. The van der Waals surface area contributed by atoms with Crippen LogP contribution in [-0.4, -0.2) is 16.1 Å². The van der Waals surface area contributed by atoms with Gasteiger partial charge in [0.15, 0.2) is 5.78 Å². The minimum atomic E-state index is -0.113. The lowest BCUT2D eigenvalue weighted by atomic mass is 9.98. The van der Waals surface area contributed by atoms with Crippen molar-refractivity contribution in [1.82, 2.24) is 0 Å². The van der Waals surface area contributed by atoms with E-state index in [0.29, 0.717) is 27.9 Å². The summed E-state index contributed by atoms with van der Waals surface area (Å²) in [5.41, 5.74) is 3.03. The molecule has 2 aromatic carbocycles. The Balaban J connectivity index is 2.46. The van der Waals surface area contributed by atoms with E-state index in [1.165, 1.54) is 0 Å². The maximum absolute atomic E-state index is 12.4. The van der Waals surface area contributed by atoms with Gasteiger partial charge >= 0.3 is 0 Å². The number of benzene rings is 2. The SMILES string of the molecule is Cc1cc(C(=O)c2cccc(N=C=S)c2)cc(C)c1O. The van der Waals surface area contributed by atoms with Crippen LogP contribution in [0.25, 0.3) is 0 Å². The summed E-state index contributed by atoms with van der Waals surface area (Å²) in [7, 11) is 0. The van der Waals surface area contributed by atoms with Gasteiger partial charge in [0.1, 0.15) is 5.75 Å². The van der Waals surface area contributed by atoms with Crippen molar-refractivity contribution in [2.24, 2.45) is 4.99 Å². The van der Waals surface area contributed by atoms with E-state index in [1.54, 1.807) is 50.2 Å². The minimum absolute atomic E-state index is 0.113. The molecule has 4 heteroatoms. The van der Waals surface area contributed by atoms with Crippen molar-refractivity contribution < 1.29 is 9.90 Å². The average molecular weight is 283 g/mol. The Morgan fingerprint density at radius 2 is 1.80 bits per heavy atom. The van der Waals surface area contributed by atoms with Crippen molar-refractivity contribution in [2.75, 3.05) is 0 Å². The van der Waals surface area contributed by atoms with Crippen LogP contribution in [0.4, 0.5) is 5.69 Å². The lowest BCUT2D eigenvalue weighted by Gasteiger charge is -2.07. The van der Waals surface area contributed by atoms with Crippen LogP contribution in [-0.2, 0) is 0 Å². The molecule has 0 saturated heterocycles. The third-order valence-corrected chi connectivity index (χ3v) is 3.13. The maximum atomic E-state index is 12.4. The zero-order chi connectivity index (χ0) is 14.7. The molecule has 0 aliphatic rings. The predicted molar refractivity (Wildman–Crippen MR) is 82.1 cm³/mol. The highest BCUT2D eigenvalue weighted by atomic mass is 32.1. The highest BCUT2D eigenvalue weighted by Gasteiger charge is 2.12. The summed E-state index contributed by atoms with van der Waals surface area (Å²) in [4.78, 5) is 16.3. The molecule has 2 rings (SSSR count). The first-order chi connectivity index (χ1) is 9.52. The Morgan fingerprint density at radius 3 is 2.40 bits per heavy atom. The molecule has 0 aliphatic heterocycles. The van der Waals surface area contributed by atoms with Crippen LogP contribution in [0.3, 0.4) is 0 Å². The molecule has 0 atom stereocenters. The van der Waals surface area contributed by atoms with E-state index in [2.05, 4.69) is 22.4 Å². The van der Waals surface area contributed by atoms with Crippen LogP contribution >= 0.6 is 12.2 Å². The van der Waals surface area contributed by atoms with Crippen LogP contribution < -0.4 is 0 Å². The maximum Gasteiger partial charge on any atom is 0.193 e. The van der Waals surface area contributed by atoms with E-state index >= 15 is 0 Å². The molecule has 0 bridgehead atoms. The van der Waals surface area contributed by atoms with Gasteiger partial charge in [0.2, 0.25) is 0 Å². The first-order valence-electron chi connectivity index (χ1n) is 6.06. The number of carbonyl (C=O) groups is 1. The van der Waals surface area contributed by atoms with Crippen molar-refractivity contribution in [3.8, 4) is 5.75 Å². The van der Waals surface area contributed by atoms with Crippen LogP contribution in [0, 0.1) is 13.8 Å². The Hall–Kier alpha value is -2.29. The molecule has 3 nitrogen and oxygen atoms in total. The zero-order valence-electron chi connectivity index (χ0n) is 11.2. The normalized spacial score (nSPS) is 9.90. The summed E-state index contributed by atoms with van der Waals surface area (Å²) < 4.78 is 0. The number of nitrogens with zero attached hydrogens (tertiary/aromatic N) is 1. The number of aromatic hydroxyl groups is 1. The molecular weight excluding hydrogens is 270 g/mol. The standard InChI is InChI=1S/C16H13NO2S/c1-10-6-13(7-11(2)15(10)18)16(19)12-4-3-5-14(8-12)17-9-20/h3-8,18H,1-2H3. The van der Waals surface area contributed by atoms with Gasteiger partial charge < -0.3 is 5.11 Å². The molecule has 0 aliphatic carbocycles. The molecule has 0 radical (unpaired) electrons. The summed E-state index contributed by atoms with van der Waals surface area (Å²) in [6.45, 7) is 3.54. The van der Waals surface area contributed by atoms with E-state index in [-0.39, 0.29) is 11.5 Å². The van der Waals surface area contributed by atoms with E-state index in [9.17, 15) is 9.90 Å². The van der Waals surface area contributed by atoms with Gasteiger partial charge in [-0.3, -0.25) is 4.79 Å². The topological polar surface area (TPSA) is 49.7 Å². The van der Waals surface area contributed by atoms with Gasteiger partial charge in [0.05, 0.1) is 10.8 Å². The van der Waals surface area contributed by atoms with Gasteiger partial charge in [0, 0.05) is 11.1 Å². The number of phenols is 1. The largest absolute Gasteiger partial charge is 0.507 e. The molecule has 20 heavy (non-hydrogen) atoms. The van der Waals surface area contributed by atoms with Gasteiger partial charge in [-0.15, -0.1) is 0 Å². The number of thiocarbonyl (C=S) groups is 1. The van der Waals surface area contributed by atoms with Crippen molar-refractivity contribution in [2.45, 2.75) is 13.8 Å². The molecule has 100 valence electrons. The Kier molecular flexibility index (Phi) is 4.08. The van der Waals surface area contributed by atoms with Crippen molar-refractivity contribution in [1.29, 1.82) is 0 Å². The molecule has 0 fully saturated rings. The number of ketones is 1. The number of phenolic OH excluding ortho intramolecular Hbond substituents is 1.